The molecule has 0 amide bonds. The summed E-state index contributed by atoms with van der Waals surface area (Å²) in [5.74, 6) is 0. The topological polar surface area (TPSA) is 27.7 Å². The standard InChI is InChI=1S/C75H52N4/c1-74(2)63-20-10-6-16-53(63)55-31-29-50(42-65(55)74)77-68-23-13-8-18-57(68)59-38-45(25-33-70(59)77)47-27-35-72-61(40-47)62-41-48(28-36-73(62)79(72)52-37-49-15-5-12-22-67(49)76-44-52)46-26-34-71-60(39-46)58-19-9-14-24-69(58)78(71)51-30-32-56-54-17-7-11-21-64(54)75(3,4)66(56)43-51/h5-44H,1-4H3. The second-order valence-electron chi connectivity index (χ2n) is 23.2. The molecule has 0 unspecified atom stereocenters. The Kier molecular flexibility index (Phi) is 8.93. The van der Waals surface area contributed by atoms with Gasteiger partial charge in [0, 0.05) is 59.9 Å². The van der Waals surface area contributed by atoms with Gasteiger partial charge in [-0.15, -0.1) is 0 Å². The van der Waals surface area contributed by atoms with Crippen molar-refractivity contribution >= 4 is 76.3 Å². The fraction of sp³-hybridized carbons (Fsp3) is 0.0800. The van der Waals surface area contributed by atoms with E-state index in [2.05, 4.69) is 278 Å². The van der Waals surface area contributed by atoms with E-state index in [4.69, 9.17) is 4.98 Å². The molecule has 2 aliphatic rings. The zero-order valence-electron chi connectivity index (χ0n) is 44.4. The van der Waals surface area contributed by atoms with E-state index in [0.29, 0.717) is 0 Å². The van der Waals surface area contributed by atoms with Crippen LogP contribution in [0.5, 0.6) is 0 Å². The molecule has 0 saturated carbocycles. The van der Waals surface area contributed by atoms with Gasteiger partial charge in [-0.2, -0.15) is 0 Å². The van der Waals surface area contributed by atoms with Crippen LogP contribution in [-0.4, -0.2) is 18.7 Å². The predicted octanol–water partition coefficient (Wildman–Crippen LogP) is 19.5. The molecule has 0 N–H and O–H groups in total. The molecule has 79 heavy (non-hydrogen) atoms. The van der Waals surface area contributed by atoms with Crippen LogP contribution in [0.3, 0.4) is 0 Å². The Hall–Kier alpha value is -9.77. The molecular weight excluding hydrogens is 957 g/mol. The van der Waals surface area contributed by atoms with Crippen molar-refractivity contribution in [3.63, 3.8) is 0 Å². The molecule has 0 spiro atoms. The van der Waals surface area contributed by atoms with Crippen molar-refractivity contribution < 1.29 is 0 Å². The number of rotatable bonds is 5. The van der Waals surface area contributed by atoms with E-state index < -0.39 is 0 Å². The molecule has 372 valence electrons. The molecule has 4 heterocycles. The summed E-state index contributed by atoms with van der Waals surface area (Å²) in [6.07, 6.45) is 2.03. The number of hydrogen-bond acceptors (Lipinski definition) is 1. The van der Waals surface area contributed by atoms with Crippen molar-refractivity contribution in [2.45, 2.75) is 38.5 Å². The lowest BCUT2D eigenvalue weighted by Gasteiger charge is -2.22. The van der Waals surface area contributed by atoms with Crippen molar-refractivity contribution in [3.05, 3.63) is 265 Å². The largest absolute Gasteiger partial charge is 0.309 e. The SMILES string of the molecule is CC1(C)c2ccccc2-c2ccc(-n3c4ccccc4c4cc(-c5ccc6c(c5)c5cc(-c7ccc8c(c7)c7ccccc7n8-c7ccc8c(c7)C(C)(C)c7ccccc7-8)ccc5n6-c5cnc6ccccc6c5)ccc43)cc21. The third kappa shape index (κ3) is 6.17. The summed E-state index contributed by atoms with van der Waals surface area (Å²) in [5, 5.41) is 8.49. The molecule has 4 nitrogen and oxygen atoms in total. The lowest BCUT2D eigenvalue weighted by molar-refractivity contribution is 0.660. The van der Waals surface area contributed by atoms with Crippen molar-refractivity contribution in [1.29, 1.82) is 0 Å². The van der Waals surface area contributed by atoms with E-state index in [1.54, 1.807) is 0 Å². The predicted molar refractivity (Wildman–Crippen MR) is 331 cm³/mol. The molecule has 4 aromatic heterocycles. The van der Waals surface area contributed by atoms with Gasteiger partial charge >= 0.3 is 0 Å². The first kappa shape index (κ1) is 44.4. The summed E-state index contributed by atoms with van der Waals surface area (Å²) in [4.78, 5) is 4.98. The summed E-state index contributed by atoms with van der Waals surface area (Å²) in [6, 6.07) is 88.6. The molecule has 2 aliphatic carbocycles. The zero-order valence-corrected chi connectivity index (χ0v) is 44.4. The Balaban J connectivity index is 0.817. The molecule has 11 aromatic carbocycles. The van der Waals surface area contributed by atoms with Gasteiger partial charge in [0.15, 0.2) is 0 Å². The number of aromatic nitrogens is 4. The molecule has 0 bridgehead atoms. The summed E-state index contributed by atoms with van der Waals surface area (Å²) >= 11 is 0. The highest BCUT2D eigenvalue weighted by Gasteiger charge is 2.37. The van der Waals surface area contributed by atoms with Gasteiger partial charge in [-0.25, -0.2) is 0 Å². The van der Waals surface area contributed by atoms with Crippen LogP contribution in [0.25, 0.3) is 138 Å². The molecule has 0 saturated heterocycles. The fourth-order valence-corrected chi connectivity index (χ4v) is 14.4. The van der Waals surface area contributed by atoms with Crippen LogP contribution in [0.1, 0.15) is 49.9 Å². The quantitative estimate of drug-likeness (QED) is 0.169. The summed E-state index contributed by atoms with van der Waals surface area (Å²) in [7, 11) is 0. The van der Waals surface area contributed by atoms with Crippen LogP contribution >= 0.6 is 0 Å². The van der Waals surface area contributed by atoms with Crippen LogP contribution in [0.2, 0.25) is 0 Å². The Morgan fingerprint density at radius 1 is 0.278 bits per heavy atom. The van der Waals surface area contributed by atoms with Crippen LogP contribution in [0.4, 0.5) is 0 Å². The number of hydrogen-bond donors (Lipinski definition) is 0. The van der Waals surface area contributed by atoms with Crippen molar-refractivity contribution in [2.24, 2.45) is 0 Å². The molecular formula is C75H52N4. The van der Waals surface area contributed by atoms with Crippen molar-refractivity contribution in [2.75, 3.05) is 0 Å². The average Bonchev–Trinajstić information content (AvgIpc) is 4.31. The Labute approximate surface area is 457 Å². The number of para-hydroxylation sites is 3. The van der Waals surface area contributed by atoms with Crippen LogP contribution in [0.15, 0.2) is 243 Å². The Morgan fingerprint density at radius 2 is 0.646 bits per heavy atom. The lowest BCUT2D eigenvalue weighted by Crippen LogP contribution is -2.15. The van der Waals surface area contributed by atoms with E-state index >= 15 is 0 Å². The van der Waals surface area contributed by atoms with E-state index in [-0.39, 0.29) is 10.8 Å². The number of fused-ring (bicyclic) bond motifs is 16. The van der Waals surface area contributed by atoms with E-state index in [9.17, 15) is 0 Å². The molecule has 0 atom stereocenters. The van der Waals surface area contributed by atoms with Crippen molar-refractivity contribution in [3.8, 4) is 61.6 Å². The first-order chi connectivity index (χ1) is 38.7. The van der Waals surface area contributed by atoms with Gasteiger partial charge in [0.1, 0.15) is 0 Å². The smallest absolute Gasteiger partial charge is 0.0703 e. The van der Waals surface area contributed by atoms with Gasteiger partial charge in [0.2, 0.25) is 0 Å². The second kappa shape index (κ2) is 15.9. The van der Waals surface area contributed by atoms with Gasteiger partial charge in [-0.1, -0.05) is 167 Å². The lowest BCUT2D eigenvalue weighted by atomic mass is 9.82. The first-order valence-corrected chi connectivity index (χ1v) is 27.7. The highest BCUT2D eigenvalue weighted by Crippen LogP contribution is 2.52. The summed E-state index contributed by atoms with van der Waals surface area (Å²) < 4.78 is 7.33. The third-order valence-corrected chi connectivity index (χ3v) is 18.3. The normalized spacial score (nSPS) is 14.0. The second-order valence-corrected chi connectivity index (χ2v) is 23.2. The summed E-state index contributed by atoms with van der Waals surface area (Å²) in [5.41, 5.74) is 26.9. The monoisotopic (exact) mass is 1010 g/mol. The minimum absolute atomic E-state index is 0.0911. The minimum Gasteiger partial charge on any atom is -0.309 e. The van der Waals surface area contributed by atoms with Gasteiger partial charge in [-0.3, -0.25) is 4.98 Å². The maximum absolute atomic E-state index is 4.98. The molecule has 0 fully saturated rings. The molecule has 0 aliphatic heterocycles. The van der Waals surface area contributed by atoms with E-state index in [1.165, 1.54) is 133 Å². The maximum atomic E-state index is 4.98. The first-order valence-electron chi connectivity index (χ1n) is 27.7. The molecule has 0 radical (unpaired) electrons. The van der Waals surface area contributed by atoms with E-state index in [0.717, 1.165) is 27.6 Å². The molecule has 4 heteroatoms. The van der Waals surface area contributed by atoms with Gasteiger partial charge in [-0.05, 0) is 164 Å². The molecule has 15 aromatic rings. The Bertz CT molecular complexity index is 4870. The van der Waals surface area contributed by atoms with Crippen LogP contribution in [-0.2, 0) is 10.8 Å². The van der Waals surface area contributed by atoms with Crippen LogP contribution < -0.4 is 0 Å². The number of nitrogens with zero attached hydrogens (tertiary/aromatic N) is 4. The minimum atomic E-state index is -0.0911. The molecule has 17 rings (SSSR count). The highest BCUT2D eigenvalue weighted by atomic mass is 15.0. The maximum Gasteiger partial charge on any atom is 0.0703 e. The van der Waals surface area contributed by atoms with Gasteiger partial charge in [0.25, 0.3) is 0 Å². The zero-order chi connectivity index (χ0) is 52.5. The number of pyridine rings is 1. The average molecular weight is 1010 g/mol. The van der Waals surface area contributed by atoms with Crippen molar-refractivity contribution in [1.82, 2.24) is 18.7 Å². The fourth-order valence-electron chi connectivity index (χ4n) is 14.4. The summed E-state index contributed by atoms with van der Waals surface area (Å²) in [6.45, 7) is 9.45. The Morgan fingerprint density at radius 3 is 1.13 bits per heavy atom. The van der Waals surface area contributed by atoms with Crippen LogP contribution in [0, 0.1) is 0 Å². The highest BCUT2D eigenvalue weighted by molar-refractivity contribution is 6.15. The third-order valence-electron chi connectivity index (χ3n) is 18.3. The van der Waals surface area contributed by atoms with E-state index in [1.807, 2.05) is 6.20 Å². The van der Waals surface area contributed by atoms with Gasteiger partial charge in [0.05, 0.1) is 50.5 Å². The number of benzene rings is 11. The van der Waals surface area contributed by atoms with Gasteiger partial charge < -0.3 is 13.7 Å².